The number of hydrogen-bond acceptors (Lipinski definition) is 9. The number of hydrogen-bond donors (Lipinski definition) is 3. The van der Waals surface area contributed by atoms with Crippen LogP contribution < -0.4 is 34.7 Å². The summed E-state index contributed by atoms with van der Waals surface area (Å²) in [5, 5.41) is 10.3. The second kappa shape index (κ2) is 19.5. The molecule has 1 aromatic rings. The van der Waals surface area contributed by atoms with Gasteiger partial charge in [-0.2, -0.15) is 0 Å². The third kappa shape index (κ3) is 30.0. The molecule has 0 saturated carbocycles. The van der Waals surface area contributed by atoms with Crippen LogP contribution in [0.5, 0.6) is 0 Å². The van der Waals surface area contributed by atoms with Gasteiger partial charge in [0.05, 0.1) is 0 Å². The van der Waals surface area contributed by atoms with Crippen molar-refractivity contribution in [2.75, 3.05) is 33.3 Å². The Kier molecular flexibility index (Phi) is 23.1. The summed E-state index contributed by atoms with van der Waals surface area (Å²) in [5.74, 6) is 0.686. The molecule has 0 saturated heterocycles. The summed E-state index contributed by atoms with van der Waals surface area (Å²) in [5.41, 5.74) is 5.37. The fourth-order valence-electron chi connectivity index (χ4n) is 1.11. The SMILES string of the molecule is CO.NCCCNCCCN=Cc1ncc[n-]1.[Cu+2].[O-][Cl+3]([O-])([O-])[O-]. The van der Waals surface area contributed by atoms with Crippen molar-refractivity contribution in [2.24, 2.45) is 10.7 Å². The Hall–Kier alpha value is -0.591. The van der Waals surface area contributed by atoms with E-state index < -0.39 is 10.2 Å². The van der Waals surface area contributed by atoms with Crippen molar-refractivity contribution in [3.8, 4) is 0 Å². The molecule has 0 atom stereocenters. The monoisotopic (exact) mass is 402 g/mol. The number of aliphatic imine (C=N–C) groups is 1. The first-order valence-corrected chi connectivity index (χ1v) is 7.57. The van der Waals surface area contributed by atoms with Crippen molar-refractivity contribution in [1.82, 2.24) is 15.3 Å². The van der Waals surface area contributed by atoms with Gasteiger partial charge in [0.1, 0.15) is 0 Å². The average Bonchev–Trinajstić information content (AvgIpc) is 2.95. The molecule has 0 amide bonds. The van der Waals surface area contributed by atoms with Crippen LogP contribution in [0.3, 0.4) is 0 Å². The van der Waals surface area contributed by atoms with Crippen LogP contribution in [-0.4, -0.2) is 49.6 Å². The van der Waals surface area contributed by atoms with Gasteiger partial charge in [-0.1, -0.05) is 12.4 Å². The molecule has 0 aliphatic carbocycles. The summed E-state index contributed by atoms with van der Waals surface area (Å²) >= 11 is 0. The van der Waals surface area contributed by atoms with Crippen LogP contribution in [0.2, 0.25) is 0 Å². The Balaban J connectivity index is -0.000000429. The van der Waals surface area contributed by atoms with Gasteiger partial charge < -0.3 is 26.1 Å². The average molecular weight is 403 g/mol. The van der Waals surface area contributed by atoms with Crippen LogP contribution in [0.4, 0.5) is 0 Å². The maximum atomic E-state index is 8.49. The quantitative estimate of drug-likeness (QED) is 0.216. The Morgan fingerprint density at radius 1 is 1.30 bits per heavy atom. The van der Waals surface area contributed by atoms with Gasteiger partial charge in [-0.25, -0.2) is 18.6 Å². The maximum Gasteiger partial charge on any atom is 2.00 e. The molecule has 0 spiro atoms. The van der Waals surface area contributed by atoms with Crippen LogP contribution in [-0.2, 0) is 17.1 Å². The van der Waals surface area contributed by atoms with E-state index in [0.717, 1.165) is 46.1 Å². The topological polar surface area (TPSA) is 190 Å². The second-order valence-electron chi connectivity index (χ2n) is 3.57. The minimum atomic E-state index is -4.94. The summed E-state index contributed by atoms with van der Waals surface area (Å²) in [4.78, 5) is 12.2. The van der Waals surface area contributed by atoms with Crippen molar-refractivity contribution < 1.29 is 51.1 Å². The van der Waals surface area contributed by atoms with Crippen molar-refractivity contribution in [3.63, 3.8) is 0 Å². The number of nitrogens with two attached hydrogens (primary N) is 1. The number of aliphatic hydroxyl groups is 1. The van der Waals surface area contributed by atoms with Crippen molar-refractivity contribution in [1.29, 1.82) is 0 Å². The molecule has 0 bridgehead atoms. The maximum absolute atomic E-state index is 8.49. The zero-order chi connectivity index (χ0) is 17.3. The normalized spacial score (nSPS) is 10.2. The Bertz CT molecular complexity index is 345. The van der Waals surface area contributed by atoms with E-state index in [-0.39, 0.29) is 17.1 Å². The first-order chi connectivity index (χ1) is 10.4. The van der Waals surface area contributed by atoms with Gasteiger partial charge in [0, 0.05) is 19.9 Å². The third-order valence-corrected chi connectivity index (χ3v) is 1.89. The van der Waals surface area contributed by atoms with Gasteiger partial charge in [0.2, 0.25) is 0 Å². The molecule has 0 fully saturated rings. The molecule has 0 aliphatic rings. The fourth-order valence-corrected chi connectivity index (χ4v) is 1.11. The van der Waals surface area contributed by atoms with Crippen molar-refractivity contribution in [2.45, 2.75) is 12.8 Å². The Labute approximate surface area is 148 Å². The summed E-state index contributed by atoms with van der Waals surface area (Å²) in [7, 11) is -3.94. The second-order valence-corrected chi connectivity index (χ2v) is 4.33. The van der Waals surface area contributed by atoms with Gasteiger partial charge in [-0.15, -0.1) is 10.2 Å². The summed E-state index contributed by atoms with van der Waals surface area (Å²) in [6, 6.07) is 0. The van der Waals surface area contributed by atoms with E-state index in [1.165, 1.54) is 0 Å². The molecule has 1 heterocycles. The van der Waals surface area contributed by atoms with Crippen LogP contribution in [0.1, 0.15) is 18.7 Å². The van der Waals surface area contributed by atoms with Crippen LogP contribution in [0.25, 0.3) is 0 Å². The molecule has 1 aromatic heterocycles. The molecule has 0 aliphatic heterocycles. The van der Waals surface area contributed by atoms with E-state index in [0.29, 0.717) is 5.82 Å². The zero-order valence-electron chi connectivity index (χ0n) is 12.7. The number of aromatic nitrogens is 2. The number of nitrogens with zero attached hydrogens (tertiary/aromatic N) is 3. The smallest absolute Gasteiger partial charge is 0.442 e. The molecule has 0 unspecified atom stereocenters. The molecule has 139 valence electrons. The molecule has 1 rings (SSSR count). The summed E-state index contributed by atoms with van der Waals surface area (Å²) in [6.07, 6.45) is 7.09. The summed E-state index contributed by atoms with van der Waals surface area (Å²) < 4.78 is 34.0. The summed E-state index contributed by atoms with van der Waals surface area (Å²) in [6.45, 7) is 3.54. The van der Waals surface area contributed by atoms with Gasteiger partial charge in [0.25, 0.3) is 0 Å². The third-order valence-electron chi connectivity index (χ3n) is 1.89. The van der Waals surface area contributed by atoms with Gasteiger partial charge in [-0.3, -0.25) is 4.99 Å². The van der Waals surface area contributed by atoms with E-state index >= 15 is 0 Å². The predicted molar refractivity (Wildman–Crippen MR) is 69.3 cm³/mol. The van der Waals surface area contributed by atoms with E-state index in [9.17, 15) is 0 Å². The number of imidazole rings is 1. The van der Waals surface area contributed by atoms with Crippen LogP contribution in [0.15, 0.2) is 17.4 Å². The minimum absolute atomic E-state index is 0. The molecular formula is C11H22ClCuN5O5. The van der Waals surface area contributed by atoms with Gasteiger partial charge >= 0.3 is 17.1 Å². The van der Waals surface area contributed by atoms with Crippen molar-refractivity contribution >= 4 is 6.21 Å². The van der Waals surface area contributed by atoms with E-state index in [1.807, 2.05) is 0 Å². The van der Waals surface area contributed by atoms with E-state index in [1.54, 1.807) is 18.6 Å². The first kappa shape index (κ1) is 27.3. The molecule has 23 heavy (non-hydrogen) atoms. The minimum Gasteiger partial charge on any atom is -0.442 e. The Morgan fingerprint density at radius 3 is 2.35 bits per heavy atom. The molecule has 12 heteroatoms. The van der Waals surface area contributed by atoms with Gasteiger partial charge in [0.15, 0.2) is 0 Å². The van der Waals surface area contributed by atoms with Crippen LogP contribution >= 0.6 is 0 Å². The number of halogens is 1. The molecule has 1 radical (unpaired) electrons. The first-order valence-electron chi connectivity index (χ1n) is 6.34. The largest absolute Gasteiger partial charge is 2.00 e. The Morgan fingerprint density at radius 2 is 1.87 bits per heavy atom. The molecule has 0 aromatic carbocycles. The zero-order valence-corrected chi connectivity index (χ0v) is 14.4. The predicted octanol–water partition coefficient (Wildman–Crippen LogP) is -5.36. The fraction of sp³-hybridized carbons (Fsp3) is 0.636. The number of rotatable bonds is 8. The van der Waals surface area contributed by atoms with E-state index in [4.69, 9.17) is 29.5 Å². The van der Waals surface area contributed by atoms with Gasteiger partial charge in [-0.05, 0) is 38.3 Å². The number of aliphatic hydroxyl groups excluding tert-OH is 1. The van der Waals surface area contributed by atoms with Crippen molar-refractivity contribution in [3.05, 3.63) is 18.2 Å². The molecule has 4 N–H and O–H groups in total. The molecule has 10 nitrogen and oxygen atoms in total. The number of nitrogens with one attached hydrogen (secondary N) is 1. The molecular weight excluding hydrogens is 381 g/mol. The standard InChI is InChI=1S/C10H18N5.CH4O.ClHO4.Cu/c11-3-1-4-12-5-2-6-13-9-10-14-7-8-15-10;1-2;2-1(3,4)5;/h7-9,12H,1-6,11H2;2H,1H3;(H,2,3,4,5);/q-1;;;+2/p-1. The van der Waals surface area contributed by atoms with E-state index in [2.05, 4.69) is 20.3 Å². The van der Waals surface area contributed by atoms with Crippen LogP contribution in [0, 0.1) is 10.2 Å².